The van der Waals surface area contributed by atoms with Gasteiger partial charge in [0.2, 0.25) is 0 Å². The summed E-state index contributed by atoms with van der Waals surface area (Å²) >= 11 is 1.20. The Bertz CT molecular complexity index is 636. The van der Waals surface area contributed by atoms with Crippen molar-refractivity contribution in [2.75, 3.05) is 0 Å². The SMILES string of the molecule is CCCC(Sc1nc2ccccc2o1)C(CC(=O)O)C(=O)O. The van der Waals surface area contributed by atoms with E-state index in [1.54, 1.807) is 6.07 Å². The first kappa shape index (κ1) is 16.4. The number of carboxylic acid groups (broad SMARTS) is 2. The highest BCUT2D eigenvalue weighted by molar-refractivity contribution is 7.99. The van der Waals surface area contributed by atoms with Crippen LogP contribution in [-0.4, -0.2) is 32.4 Å². The molecule has 2 atom stereocenters. The molecule has 7 heteroatoms. The van der Waals surface area contributed by atoms with Gasteiger partial charge in [-0.2, -0.15) is 0 Å². The number of thioether (sulfide) groups is 1. The van der Waals surface area contributed by atoms with Crippen molar-refractivity contribution in [2.45, 2.75) is 36.7 Å². The lowest BCUT2D eigenvalue weighted by Crippen LogP contribution is -2.28. The van der Waals surface area contributed by atoms with E-state index in [4.69, 9.17) is 9.52 Å². The summed E-state index contributed by atoms with van der Waals surface area (Å²) in [6.07, 6.45) is 0.919. The smallest absolute Gasteiger partial charge is 0.308 e. The predicted molar refractivity (Wildman–Crippen MR) is 81.9 cm³/mol. The van der Waals surface area contributed by atoms with Crippen LogP contribution < -0.4 is 0 Å². The maximum absolute atomic E-state index is 11.4. The van der Waals surface area contributed by atoms with Gasteiger partial charge in [0.25, 0.3) is 5.22 Å². The highest BCUT2D eigenvalue weighted by Crippen LogP contribution is 2.34. The van der Waals surface area contributed by atoms with E-state index in [0.29, 0.717) is 22.7 Å². The van der Waals surface area contributed by atoms with Crippen LogP contribution in [0.4, 0.5) is 0 Å². The van der Waals surface area contributed by atoms with E-state index in [2.05, 4.69) is 4.98 Å². The molecular formula is C15H17NO5S. The van der Waals surface area contributed by atoms with Gasteiger partial charge in [-0.15, -0.1) is 0 Å². The van der Waals surface area contributed by atoms with Gasteiger partial charge in [0.1, 0.15) is 5.52 Å². The average Bonchev–Trinajstić information content (AvgIpc) is 2.86. The summed E-state index contributed by atoms with van der Waals surface area (Å²) in [5.41, 5.74) is 1.33. The quantitative estimate of drug-likeness (QED) is 0.719. The number of hydrogen-bond acceptors (Lipinski definition) is 5. The van der Waals surface area contributed by atoms with Gasteiger partial charge in [-0.25, -0.2) is 4.98 Å². The summed E-state index contributed by atoms with van der Waals surface area (Å²) in [6.45, 7) is 1.93. The number of carbonyl (C=O) groups is 2. The molecule has 1 aromatic heterocycles. The first-order valence-electron chi connectivity index (χ1n) is 6.98. The summed E-state index contributed by atoms with van der Waals surface area (Å²) in [6, 6.07) is 7.26. The molecule has 2 aromatic rings. The normalized spacial score (nSPS) is 13.9. The Morgan fingerprint density at radius 3 is 2.64 bits per heavy atom. The summed E-state index contributed by atoms with van der Waals surface area (Å²) < 4.78 is 5.59. The van der Waals surface area contributed by atoms with E-state index < -0.39 is 29.5 Å². The molecule has 0 aliphatic rings. The molecular weight excluding hydrogens is 306 g/mol. The Morgan fingerprint density at radius 1 is 1.32 bits per heavy atom. The Labute approximate surface area is 131 Å². The van der Waals surface area contributed by atoms with Crippen LogP contribution in [0.25, 0.3) is 11.1 Å². The van der Waals surface area contributed by atoms with Crippen molar-refractivity contribution in [1.29, 1.82) is 0 Å². The molecule has 6 nitrogen and oxygen atoms in total. The molecule has 0 amide bonds. The molecule has 1 heterocycles. The fourth-order valence-corrected chi connectivity index (χ4v) is 3.50. The van der Waals surface area contributed by atoms with Crippen LogP contribution in [0.3, 0.4) is 0 Å². The zero-order valence-corrected chi connectivity index (χ0v) is 12.9. The van der Waals surface area contributed by atoms with Crippen LogP contribution in [-0.2, 0) is 9.59 Å². The highest BCUT2D eigenvalue weighted by Gasteiger charge is 2.32. The highest BCUT2D eigenvalue weighted by atomic mass is 32.2. The van der Waals surface area contributed by atoms with Crippen LogP contribution in [0.5, 0.6) is 0 Å². The predicted octanol–water partition coefficient (Wildman–Crippen LogP) is 3.26. The standard InChI is InChI=1S/C15H17NO5S/c1-2-5-12(9(14(19)20)8-13(17)18)22-15-16-10-6-3-4-7-11(10)21-15/h3-4,6-7,9,12H,2,5,8H2,1H3,(H,17,18)(H,19,20). The van der Waals surface area contributed by atoms with Gasteiger partial charge >= 0.3 is 11.9 Å². The lowest BCUT2D eigenvalue weighted by Gasteiger charge is -2.20. The van der Waals surface area contributed by atoms with E-state index in [-0.39, 0.29) is 0 Å². The fourth-order valence-electron chi connectivity index (χ4n) is 2.22. The molecule has 0 radical (unpaired) electrons. The van der Waals surface area contributed by atoms with Crippen molar-refractivity contribution in [3.05, 3.63) is 24.3 Å². The number of aliphatic carboxylic acids is 2. The molecule has 1 aromatic carbocycles. The molecule has 0 spiro atoms. The van der Waals surface area contributed by atoms with Crippen LogP contribution in [0, 0.1) is 5.92 Å². The first-order valence-corrected chi connectivity index (χ1v) is 7.86. The number of hydrogen-bond donors (Lipinski definition) is 2. The number of carboxylic acids is 2. The number of benzene rings is 1. The molecule has 22 heavy (non-hydrogen) atoms. The number of para-hydroxylation sites is 2. The van der Waals surface area contributed by atoms with E-state index in [9.17, 15) is 14.7 Å². The summed E-state index contributed by atoms with van der Waals surface area (Å²) in [4.78, 5) is 26.6. The Kier molecular flexibility index (Phi) is 5.43. The summed E-state index contributed by atoms with van der Waals surface area (Å²) in [7, 11) is 0. The Balaban J connectivity index is 2.22. The zero-order chi connectivity index (χ0) is 16.1. The van der Waals surface area contributed by atoms with Gasteiger partial charge in [0.15, 0.2) is 5.58 Å². The number of aromatic nitrogens is 1. The monoisotopic (exact) mass is 323 g/mol. The van der Waals surface area contributed by atoms with E-state index in [0.717, 1.165) is 6.42 Å². The van der Waals surface area contributed by atoms with Crippen LogP contribution in [0.2, 0.25) is 0 Å². The van der Waals surface area contributed by atoms with Crippen molar-refractivity contribution in [2.24, 2.45) is 5.92 Å². The van der Waals surface area contributed by atoms with Crippen molar-refractivity contribution in [1.82, 2.24) is 4.98 Å². The largest absolute Gasteiger partial charge is 0.481 e. The van der Waals surface area contributed by atoms with E-state index in [1.165, 1.54) is 11.8 Å². The molecule has 0 saturated heterocycles. The number of fused-ring (bicyclic) bond motifs is 1. The molecule has 118 valence electrons. The molecule has 0 aliphatic heterocycles. The van der Waals surface area contributed by atoms with Crippen LogP contribution in [0.1, 0.15) is 26.2 Å². The molecule has 0 saturated carbocycles. The molecule has 0 aliphatic carbocycles. The molecule has 0 bridgehead atoms. The van der Waals surface area contributed by atoms with Crippen LogP contribution >= 0.6 is 11.8 Å². The van der Waals surface area contributed by atoms with Crippen molar-refractivity contribution in [3.63, 3.8) is 0 Å². The van der Waals surface area contributed by atoms with E-state index >= 15 is 0 Å². The minimum atomic E-state index is -1.12. The van der Waals surface area contributed by atoms with Gasteiger partial charge < -0.3 is 14.6 Å². The number of oxazole rings is 1. The Hall–Kier alpha value is -2.02. The lowest BCUT2D eigenvalue weighted by atomic mass is 9.98. The Morgan fingerprint density at radius 2 is 2.05 bits per heavy atom. The van der Waals surface area contributed by atoms with Gasteiger partial charge in [0.05, 0.1) is 12.3 Å². The van der Waals surface area contributed by atoms with Crippen molar-refractivity contribution in [3.8, 4) is 0 Å². The topological polar surface area (TPSA) is 101 Å². The third-order valence-electron chi connectivity index (χ3n) is 3.26. The van der Waals surface area contributed by atoms with Gasteiger partial charge in [0, 0.05) is 5.25 Å². The van der Waals surface area contributed by atoms with E-state index in [1.807, 2.05) is 25.1 Å². The second-order valence-corrected chi connectivity index (χ2v) is 6.13. The average molecular weight is 323 g/mol. The maximum Gasteiger partial charge on any atom is 0.308 e. The minimum absolute atomic E-state index is 0.372. The third-order valence-corrected chi connectivity index (χ3v) is 4.50. The summed E-state index contributed by atoms with van der Waals surface area (Å²) in [5, 5.41) is 18.2. The minimum Gasteiger partial charge on any atom is -0.481 e. The molecule has 0 fully saturated rings. The molecule has 2 rings (SSSR count). The number of nitrogens with zero attached hydrogens (tertiary/aromatic N) is 1. The zero-order valence-electron chi connectivity index (χ0n) is 12.1. The maximum atomic E-state index is 11.4. The third kappa shape index (κ3) is 4.00. The van der Waals surface area contributed by atoms with Gasteiger partial charge in [-0.05, 0) is 18.6 Å². The fraction of sp³-hybridized carbons (Fsp3) is 0.400. The second-order valence-electron chi connectivity index (χ2n) is 4.94. The summed E-state index contributed by atoms with van der Waals surface area (Å²) in [5.74, 6) is -3.20. The molecule has 2 unspecified atom stereocenters. The second kappa shape index (κ2) is 7.31. The first-order chi connectivity index (χ1) is 10.5. The van der Waals surface area contributed by atoms with Crippen LogP contribution in [0.15, 0.2) is 33.9 Å². The molecule has 2 N–H and O–H groups in total. The number of rotatable bonds is 8. The van der Waals surface area contributed by atoms with Gasteiger partial charge in [-0.1, -0.05) is 37.2 Å². The lowest BCUT2D eigenvalue weighted by molar-refractivity contribution is -0.148. The van der Waals surface area contributed by atoms with Crippen molar-refractivity contribution < 1.29 is 24.2 Å². The van der Waals surface area contributed by atoms with Gasteiger partial charge in [-0.3, -0.25) is 9.59 Å². The van der Waals surface area contributed by atoms with Crippen molar-refractivity contribution >= 4 is 34.8 Å².